The summed E-state index contributed by atoms with van der Waals surface area (Å²) in [5.74, 6) is 0.363. The molecule has 4 rings (SSSR count). The summed E-state index contributed by atoms with van der Waals surface area (Å²) in [6.45, 7) is 3.51. The number of ether oxygens (including phenoxy) is 1. The molecule has 1 fully saturated rings. The van der Waals surface area contributed by atoms with E-state index in [0.29, 0.717) is 30.1 Å². The molecule has 1 aromatic heterocycles. The predicted molar refractivity (Wildman–Crippen MR) is 130 cm³/mol. The summed E-state index contributed by atoms with van der Waals surface area (Å²) in [7, 11) is -0.832. The molecule has 0 atom stereocenters. The van der Waals surface area contributed by atoms with Gasteiger partial charge in [-0.2, -0.15) is 0 Å². The van der Waals surface area contributed by atoms with Gasteiger partial charge in [-0.15, -0.1) is 0 Å². The van der Waals surface area contributed by atoms with Crippen molar-refractivity contribution in [2.45, 2.75) is 11.4 Å². The topological polar surface area (TPSA) is 83.0 Å². The van der Waals surface area contributed by atoms with Crippen molar-refractivity contribution in [2.24, 2.45) is 0 Å². The van der Waals surface area contributed by atoms with Gasteiger partial charge in [0.1, 0.15) is 5.75 Å². The van der Waals surface area contributed by atoms with Crippen LogP contribution >= 0.6 is 0 Å². The molecule has 9 heteroatoms. The maximum atomic E-state index is 13.1. The van der Waals surface area contributed by atoms with E-state index in [1.165, 1.54) is 30.6 Å². The fourth-order valence-electron chi connectivity index (χ4n) is 3.96. The van der Waals surface area contributed by atoms with Crippen LogP contribution < -0.4 is 9.04 Å². The van der Waals surface area contributed by atoms with Gasteiger partial charge in [0, 0.05) is 51.5 Å². The quantitative estimate of drug-likeness (QED) is 0.517. The minimum absolute atomic E-state index is 0.0977. The third kappa shape index (κ3) is 5.05. The summed E-state index contributed by atoms with van der Waals surface area (Å²) in [6.07, 6.45) is 1.78. The Morgan fingerprint density at radius 3 is 2.29 bits per heavy atom. The Morgan fingerprint density at radius 2 is 1.65 bits per heavy atom. The molecule has 3 aromatic rings. The Balaban J connectivity index is 1.41. The molecule has 0 spiro atoms. The van der Waals surface area contributed by atoms with Crippen molar-refractivity contribution in [3.8, 4) is 5.75 Å². The lowest BCUT2D eigenvalue weighted by atomic mass is 10.2. The zero-order valence-electron chi connectivity index (χ0n) is 19.3. The number of sulfonamides is 1. The van der Waals surface area contributed by atoms with E-state index in [0.717, 1.165) is 25.3 Å². The van der Waals surface area contributed by atoms with E-state index in [9.17, 15) is 13.2 Å². The van der Waals surface area contributed by atoms with Crippen molar-refractivity contribution in [3.05, 3.63) is 84.2 Å². The third-order valence-corrected chi connectivity index (χ3v) is 7.74. The summed E-state index contributed by atoms with van der Waals surface area (Å²) in [5, 5.41) is 0. The number of aromatic nitrogens is 1. The number of hydrogen-bond acceptors (Lipinski definition) is 6. The van der Waals surface area contributed by atoms with Crippen molar-refractivity contribution < 1.29 is 17.9 Å². The molecule has 0 radical (unpaired) electrons. The molecule has 2 heterocycles. The first-order valence-electron chi connectivity index (χ1n) is 11.0. The number of amides is 1. The number of nitrogens with zero attached hydrogens (tertiary/aromatic N) is 4. The second-order valence-corrected chi connectivity index (χ2v) is 10.0. The van der Waals surface area contributed by atoms with Crippen LogP contribution in [0.1, 0.15) is 16.1 Å². The zero-order chi connectivity index (χ0) is 24.1. The van der Waals surface area contributed by atoms with Gasteiger partial charge < -0.3 is 9.64 Å². The van der Waals surface area contributed by atoms with E-state index < -0.39 is 10.0 Å². The SMILES string of the molecule is COc1ccccc1N(C)S(=O)(=O)c1ccc(C(=O)N2CCN(Cc3ccccn3)CC2)cc1. The lowest BCUT2D eigenvalue weighted by molar-refractivity contribution is 0.0627. The van der Waals surface area contributed by atoms with Gasteiger partial charge >= 0.3 is 0 Å². The third-order valence-electron chi connectivity index (χ3n) is 5.96. The van der Waals surface area contributed by atoms with Gasteiger partial charge in [-0.25, -0.2) is 8.42 Å². The van der Waals surface area contributed by atoms with Crippen LogP contribution in [0, 0.1) is 0 Å². The first-order valence-corrected chi connectivity index (χ1v) is 12.5. The van der Waals surface area contributed by atoms with Crippen LogP contribution in [0.3, 0.4) is 0 Å². The molecule has 34 heavy (non-hydrogen) atoms. The van der Waals surface area contributed by atoms with Crippen molar-refractivity contribution in [2.75, 3.05) is 44.6 Å². The van der Waals surface area contributed by atoms with Crippen molar-refractivity contribution >= 4 is 21.6 Å². The number of piperazine rings is 1. The normalized spacial score (nSPS) is 14.6. The molecule has 1 aliphatic heterocycles. The highest BCUT2D eigenvalue weighted by Gasteiger charge is 2.26. The van der Waals surface area contributed by atoms with Crippen LogP contribution in [0.2, 0.25) is 0 Å². The number of anilines is 1. The molecule has 0 unspecified atom stereocenters. The number of carbonyl (C=O) groups excluding carboxylic acids is 1. The van der Waals surface area contributed by atoms with Gasteiger partial charge in [-0.1, -0.05) is 18.2 Å². The molecule has 8 nitrogen and oxygen atoms in total. The summed E-state index contributed by atoms with van der Waals surface area (Å²) < 4.78 is 32.7. The van der Waals surface area contributed by atoms with Gasteiger partial charge in [0.25, 0.3) is 15.9 Å². The Kier molecular flexibility index (Phi) is 7.14. The zero-order valence-corrected chi connectivity index (χ0v) is 20.1. The summed E-state index contributed by atoms with van der Waals surface area (Å²) >= 11 is 0. The van der Waals surface area contributed by atoms with Crippen LogP contribution in [-0.2, 0) is 16.6 Å². The summed E-state index contributed by atoms with van der Waals surface area (Å²) in [5.41, 5.74) is 1.92. The molecule has 178 valence electrons. The van der Waals surface area contributed by atoms with Crippen LogP contribution in [0.4, 0.5) is 5.69 Å². The molecule has 1 amide bonds. The molecule has 0 bridgehead atoms. The van der Waals surface area contributed by atoms with E-state index >= 15 is 0 Å². The van der Waals surface area contributed by atoms with E-state index in [4.69, 9.17) is 4.74 Å². The number of benzene rings is 2. The number of rotatable bonds is 7. The standard InChI is InChI=1S/C25H28N4O4S/c1-27(23-8-3-4-9-24(23)33-2)34(31,32)22-12-10-20(11-13-22)25(30)29-17-15-28(16-18-29)19-21-7-5-6-14-26-21/h3-14H,15-19H2,1-2H3. The van der Waals surface area contributed by atoms with Crippen LogP contribution in [0.5, 0.6) is 5.75 Å². The molecule has 1 saturated heterocycles. The van der Waals surface area contributed by atoms with Gasteiger partial charge in [-0.3, -0.25) is 19.0 Å². The Labute approximate surface area is 200 Å². The van der Waals surface area contributed by atoms with E-state index in [-0.39, 0.29) is 10.8 Å². The molecule has 2 aromatic carbocycles. The monoisotopic (exact) mass is 480 g/mol. The average molecular weight is 481 g/mol. The summed E-state index contributed by atoms with van der Waals surface area (Å²) in [6, 6.07) is 18.9. The van der Waals surface area contributed by atoms with E-state index in [2.05, 4.69) is 9.88 Å². The lowest BCUT2D eigenvalue weighted by Crippen LogP contribution is -2.48. The lowest BCUT2D eigenvalue weighted by Gasteiger charge is -2.34. The number of hydrogen-bond donors (Lipinski definition) is 0. The van der Waals surface area contributed by atoms with E-state index in [1.807, 2.05) is 18.2 Å². The molecular weight excluding hydrogens is 452 g/mol. The highest BCUT2D eigenvalue weighted by Crippen LogP contribution is 2.31. The van der Waals surface area contributed by atoms with Gasteiger partial charge in [-0.05, 0) is 48.5 Å². The van der Waals surface area contributed by atoms with Crippen molar-refractivity contribution in [1.29, 1.82) is 0 Å². The molecule has 0 saturated carbocycles. The molecule has 0 N–H and O–H groups in total. The van der Waals surface area contributed by atoms with Crippen molar-refractivity contribution in [1.82, 2.24) is 14.8 Å². The number of carbonyl (C=O) groups is 1. The minimum Gasteiger partial charge on any atom is -0.495 e. The molecule has 0 aliphatic carbocycles. The van der Waals surface area contributed by atoms with Crippen LogP contribution in [0.15, 0.2) is 77.8 Å². The number of pyridine rings is 1. The highest BCUT2D eigenvalue weighted by molar-refractivity contribution is 7.92. The highest BCUT2D eigenvalue weighted by atomic mass is 32.2. The Bertz CT molecular complexity index is 1230. The van der Waals surface area contributed by atoms with Crippen LogP contribution in [0.25, 0.3) is 0 Å². The minimum atomic E-state index is -3.81. The Morgan fingerprint density at radius 1 is 0.971 bits per heavy atom. The predicted octanol–water partition coefficient (Wildman–Crippen LogP) is 2.87. The van der Waals surface area contributed by atoms with Gasteiger partial charge in [0.05, 0.1) is 23.4 Å². The average Bonchev–Trinajstić information content (AvgIpc) is 2.89. The number of para-hydroxylation sites is 2. The maximum Gasteiger partial charge on any atom is 0.264 e. The molecular formula is C25H28N4O4S. The van der Waals surface area contributed by atoms with Gasteiger partial charge in [0.2, 0.25) is 0 Å². The van der Waals surface area contributed by atoms with Crippen molar-refractivity contribution in [3.63, 3.8) is 0 Å². The first kappa shape index (κ1) is 23.7. The largest absolute Gasteiger partial charge is 0.495 e. The Hall–Kier alpha value is -3.43. The first-order chi connectivity index (χ1) is 16.4. The fourth-order valence-corrected chi connectivity index (χ4v) is 5.17. The smallest absolute Gasteiger partial charge is 0.264 e. The second-order valence-electron chi connectivity index (χ2n) is 8.06. The maximum absolute atomic E-state index is 13.1. The van der Waals surface area contributed by atoms with Gasteiger partial charge in [0.15, 0.2) is 0 Å². The van der Waals surface area contributed by atoms with Crippen LogP contribution in [-0.4, -0.2) is 69.4 Å². The summed E-state index contributed by atoms with van der Waals surface area (Å²) in [4.78, 5) is 21.5. The molecule has 1 aliphatic rings. The second kappa shape index (κ2) is 10.2. The van der Waals surface area contributed by atoms with E-state index in [1.54, 1.807) is 47.5 Å². The number of methoxy groups -OCH3 is 1. The fraction of sp³-hybridized carbons (Fsp3) is 0.280.